The topological polar surface area (TPSA) is 50.8 Å². The molecule has 0 aromatic heterocycles. The number of anilines is 2. The minimum atomic E-state index is 0.673. The van der Waals surface area contributed by atoms with Crippen LogP contribution in [0.15, 0.2) is 46.2 Å². The summed E-state index contributed by atoms with van der Waals surface area (Å²) in [6.07, 6.45) is 4.83. The molecule has 24 heavy (non-hydrogen) atoms. The third-order valence-electron chi connectivity index (χ3n) is 4.21. The summed E-state index contributed by atoms with van der Waals surface area (Å²) in [5, 5.41) is 18.3. The van der Waals surface area contributed by atoms with E-state index in [9.17, 15) is 0 Å². The van der Waals surface area contributed by atoms with E-state index in [1.807, 2.05) is 36.4 Å². The van der Waals surface area contributed by atoms with E-state index in [0.29, 0.717) is 11.1 Å². The molecule has 3 nitrogen and oxygen atoms in total. The van der Waals surface area contributed by atoms with Crippen molar-refractivity contribution in [2.75, 3.05) is 11.4 Å². The van der Waals surface area contributed by atoms with Gasteiger partial charge in [-0.05, 0) is 42.8 Å². The molecule has 120 valence electrons. The lowest BCUT2D eigenvalue weighted by atomic mass is 10.1. The zero-order chi connectivity index (χ0) is 16.9. The van der Waals surface area contributed by atoms with Crippen molar-refractivity contribution in [2.24, 2.45) is 0 Å². The monoisotopic (exact) mass is 333 g/mol. The molecule has 0 bridgehead atoms. The molecule has 4 heteroatoms. The van der Waals surface area contributed by atoms with Crippen LogP contribution < -0.4 is 4.90 Å². The Bertz CT molecular complexity index is 766. The smallest absolute Gasteiger partial charge is 0.0992 e. The van der Waals surface area contributed by atoms with Crippen LogP contribution >= 0.6 is 11.8 Å². The molecule has 0 unspecified atom stereocenters. The van der Waals surface area contributed by atoms with Crippen LogP contribution in [0, 0.1) is 22.7 Å². The van der Waals surface area contributed by atoms with E-state index in [0.717, 1.165) is 34.1 Å². The maximum atomic E-state index is 9.17. The lowest BCUT2D eigenvalue weighted by molar-refractivity contribution is 0.665. The molecule has 2 aromatic carbocycles. The largest absolute Gasteiger partial charge is 0.340 e. The summed E-state index contributed by atoms with van der Waals surface area (Å²) in [6, 6.07) is 16.2. The maximum Gasteiger partial charge on any atom is 0.0992 e. The Labute approximate surface area is 147 Å². The van der Waals surface area contributed by atoms with Gasteiger partial charge in [0.15, 0.2) is 0 Å². The van der Waals surface area contributed by atoms with E-state index in [4.69, 9.17) is 10.5 Å². The van der Waals surface area contributed by atoms with Crippen LogP contribution in [0.5, 0.6) is 0 Å². The second kappa shape index (κ2) is 7.43. The first-order valence-electron chi connectivity index (χ1n) is 8.30. The Morgan fingerprint density at radius 3 is 1.96 bits per heavy atom. The maximum absolute atomic E-state index is 9.17. The number of unbranched alkanes of at least 4 members (excludes halogenated alkanes) is 3. The van der Waals surface area contributed by atoms with E-state index in [1.165, 1.54) is 19.3 Å². The van der Waals surface area contributed by atoms with Crippen molar-refractivity contribution < 1.29 is 0 Å². The molecule has 0 spiro atoms. The molecular weight excluding hydrogens is 314 g/mol. The van der Waals surface area contributed by atoms with Gasteiger partial charge in [0.05, 0.1) is 34.6 Å². The third-order valence-corrected chi connectivity index (χ3v) is 5.31. The van der Waals surface area contributed by atoms with E-state index in [1.54, 1.807) is 11.8 Å². The molecule has 0 aliphatic carbocycles. The lowest BCUT2D eigenvalue weighted by Gasteiger charge is -2.33. The van der Waals surface area contributed by atoms with Crippen LogP contribution in [0.2, 0.25) is 0 Å². The van der Waals surface area contributed by atoms with Crippen LogP contribution in [-0.4, -0.2) is 6.54 Å². The van der Waals surface area contributed by atoms with Gasteiger partial charge in [-0.3, -0.25) is 0 Å². The van der Waals surface area contributed by atoms with E-state index < -0.39 is 0 Å². The highest BCUT2D eigenvalue weighted by atomic mass is 32.2. The Balaban J connectivity index is 1.97. The van der Waals surface area contributed by atoms with E-state index in [-0.39, 0.29) is 0 Å². The van der Waals surface area contributed by atoms with Crippen molar-refractivity contribution in [1.82, 2.24) is 0 Å². The number of hydrogen-bond donors (Lipinski definition) is 0. The fraction of sp³-hybridized carbons (Fsp3) is 0.300. The van der Waals surface area contributed by atoms with Crippen molar-refractivity contribution >= 4 is 23.1 Å². The minimum Gasteiger partial charge on any atom is -0.340 e. The number of fused-ring (bicyclic) bond motifs is 2. The summed E-state index contributed by atoms with van der Waals surface area (Å²) in [6.45, 7) is 3.17. The predicted molar refractivity (Wildman–Crippen MR) is 97.6 cm³/mol. The molecular formula is C20H19N3S. The quantitative estimate of drug-likeness (QED) is 0.667. The first-order chi connectivity index (χ1) is 11.8. The summed E-state index contributed by atoms with van der Waals surface area (Å²) in [4.78, 5) is 4.51. The highest BCUT2D eigenvalue weighted by Crippen LogP contribution is 2.48. The highest BCUT2D eigenvalue weighted by molar-refractivity contribution is 7.99. The number of nitriles is 2. The summed E-state index contributed by atoms with van der Waals surface area (Å²) >= 11 is 1.65. The van der Waals surface area contributed by atoms with Crippen LogP contribution in [0.25, 0.3) is 0 Å². The van der Waals surface area contributed by atoms with Crippen molar-refractivity contribution in [3.8, 4) is 12.1 Å². The zero-order valence-corrected chi connectivity index (χ0v) is 14.6. The average Bonchev–Trinajstić information content (AvgIpc) is 2.63. The molecule has 1 aliphatic heterocycles. The van der Waals surface area contributed by atoms with Gasteiger partial charge in [0.2, 0.25) is 0 Å². The van der Waals surface area contributed by atoms with Gasteiger partial charge < -0.3 is 4.90 Å². The van der Waals surface area contributed by atoms with Gasteiger partial charge in [-0.1, -0.05) is 37.9 Å². The van der Waals surface area contributed by atoms with Crippen molar-refractivity contribution in [2.45, 2.75) is 42.4 Å². The fourth-order valence-corrected chi connectivity index (χ4v) is 4.14. The Morgan fingerprint density at radius 2 is 1.46 bits per heavy atom. The standard InChI is InChI=1S/C20H19N3S/c1-2-3-4-5-10-23-17-8-6-15(13-21)11-19(17)24-20-12-16(14-22)7-9-18(20)23/h6-9,11-12H,2-5,10H2,1H3. The normalized spacial score (nSPS) is 12.0. The SMILES string of the molecule is CCCCCCN1c2ccc(C#N)cc2Sc2cc(C#N)ccc21. The number of rotatable bonds is 5. The van der Waals surface area contributed by atoms with Gasteiger partial charge in [0, 0.05) is 16.3 Å². The lowest BCUT2D eigenvalue weighted by Crippen LogP contribution is -2.22. The van der Waals surface area contributed by atoms with Crippen molar-refractivity contribution in [3.05, 3.63) is 47.5 Å². The molecule has 0 saturated carbocycles. The Hall–Kier alpha value is -2.43. The molecule has 1 aliphatic rings. The molecule has 3 rings (SSSR count). The third kappa shape index (κ3) is 3.25. The molecule has 2 aromatic rings. The summed E-state index contributed by atoms with van der Waals surface area (Å²) < 4.78 is 0. The summed E-state index contributed by atoms with van der Waals surface area (Å²) in [5.41, 5.74) is 3.67. The number of nitrogens with zero attached hydrogens (tertiary/aromatic N) is 3. The summed E-state index contributed by atoms with van der Waals surface area (Å²) in [5.74, 6) is 0. The zero-order valence-electron chi connectivity index (χ0n) is 13.7. The number of hydrogen-bond acceptors (Lipinski definition) is 4. The molecule has 0 radical (unpaired) electrons. The highest BCUT2D eigenvalue weighted by Gasteiger charge is 2.23. The van der Waals surface area contributed by atoms with Crippen LogP contribution in [0.1, 0.15) is 43.7 Å². The van der Waals surface area contributed by atoms with Crippen LogP contribution in [0.3, 0.4) is 0 Å². The summed E-state index contributed by atoms with van der Waals surface area (Å²) in [7, 11) is 0. The molecule has 0 N–H and O–H groups in total. The second-order valence-electron chi connectivity index (χ2n) is 5.90. The van der Waals surface area contributed by atoms with Gasteiger partial charge >= 0.3 is 0 Å². The molecule has 0 amide bonds. The van der Waals surface area contributed by atoms with Gasteiger partial charge in [-0.25, -0.2) is 0 Å². The first-order valence-corrected chi connectivity index (χ1v) is 9.12. The Morgan fingerprint density at radius 1 is 0.875 bits per heavy atom. The van der Waals surface area contributed by atoms with Crippen molar-refractivity contribution in [1.29, 1.82) is 10.5 Å². The average molecular weight is 333 g/mol. The Kier molecular flexibility index (Phi) is 5.08. The van der Waals surface area contributed by atoms with Crippen molar-refractivity contribution in [3.63, 3.8) is 0 Å². The fourth-order valence-electron chi connectivity index (χ4n) is 2.96. The van der Waals surface area contributed by atoms with Gasteiger partial charge in [-0.15, -0.1) is 0 Å². The first kappa shape index (κ1) is 16.4. The van der Waals surface area contributed by atoms with Crippen LogP contribution in [-0.2, 0) is 0 Å². The van der Waals surface area contributed by atoms with E-state index >= 15 is 0 Å². The number of benzene rings is 2. The molecule has 0 atom stereocenters. The minimum absolute atomic E-state index is 0.673. The molecule has 0 saturated heterocycles. The van der Waals surface area contributed by atoms with Gasteiger partial charge in [0.25, 0.3) is 0 Å². The second-order valence-corrected chi connectivity index (χ2v) is 6.99. The molecule has 0 fully saturated rings. The van der Waals surface area contributed by atoms with Gasteiger partial charge in [0.1, 0.15) is 0 Å². The van der Waals surface area contributed by atoms with E-state index in [2.05, 4.69) is 24.0 Å². The predicted octanol–water partition coefficient (Wildman–Crippen LogP) is 5.61. The van der Waals surface area contributed by atoms with Gasteiger partial charge in [-0.2, -0.15) is 10.5 Å². The molecule has 1 heterocycles. The van der Waals surface area contributed by atoms with Crippen LogP contribution in [0.4, 0.5) is 11.4 Å².